The highest BCUT2D eigenvalue weighted by molar-refractivity contribution is 6.30. The van der Waals surface area contributed by atoms with Gasteiger partial charge in [0.05, 0.1) is 11.2 Å². The normalized spacial score (nSPS) is 11.4. The molecule has 0 saturated heterocycles. The molecule has 0 fully saturated rings. The Kier molecular flexibility index (Phi) is 4.78. The minimum absolute atomic E-state index is 0.305. The van der Waals surface area contributed by atoms with Gasteiger partial charge in [-0.25, -0.2) is 4.98 Å². The molecule has 0 atom stereocenters. The second kappa shape index (κ2) is 6.88. The van der Waals surface area contributed by atoms with E-state index in [1.165, 1.54) is 0 Å². The number of hydrogen-bond donors (Lipinski definition) is 1. The summed E-state index contributed by atoms with van der Waals surface area (Å²) < 4.78 is 5.00. The second-order valence-electron chi connectivity index (χ2n) is 6.59. The Balaban J connectivity index is 1.90. The SMILES string of the molecule is Cc1nc(C(C)(C)NC(=O)c2ccc(C)c(-c3cccc(Cl)c3)n2)no1. The van der Waals surface area contributed by atoms with Gasteiger partial charge in [0.25, 0.3) is 5.91 Å². The molecule has 0 spiro atoms. The highest BCUT2D eigenvalue weighted by atomic mass is 35.5. The fourth-order valence-electron chi connectivity index (χ4n) is 2.54. The smallest absolute Gasteiger partial charge is 0.270 e. The van der Waals surface area contributed by atoms with Gasteiger partial charge in [-0.1, -0.05) is 35.0 Å². The Labute approximate surface area is 156 Å². The molecular formula is C19H19ClN4O2. The molecule has 7 heteroatoms. The molecule has 0 saturated carbocycles. The summed E-state index contributed by atoms with van der Waals surface area (Å²) in [5, 5.41) is 7.40. The lowest BCUT2D eigenvalue weighted by Crippen LogP contribution is -2.42. The minimum atomic E-state index is -0.794. The Morgan fingerprint density at radius 3 is 2.58 bits per heavy atom. The van der Waals surface area contributed by atoms with Crippen LogP contribution in [0.4, 0.5) is 0 Å². The van der Waals surface area contributed by atoms with Crippen molar-refractivity contribution in [2.75, 3.05) is 0 Å². The maximum Gasteiger partial charge on any atom is 0.270 e. The molecule has 0 aliphatic carbocycles. The number of hydrogen-bond acceptors (Lipinski definition) is 5. The maximum absolute atomic E-state index is 12.7. The van der Waals surface area contributed by atoms with E-state index in [2.05, 4.69) is 20.4 Å². The largest absolute Gasteiger partial charge is 0.340 e. The van der Waals surface area contributed by atoms with Crippen LogP contribution in [-0.4, -0.2) is 21.0 Å². The summed E-state index contributed by atoms with van der Waals surface area (Å²) in [5.74, 6) is 0.533. The molecule has 2 aromatic heterocycles. The van der Waals surface area contributed by atoms with Crippen molar-refractivity contribution in [3.05, 3.63) is 64.4 Å². The number of rotatable bonds is 4. The molecule has 3 aromatic rings. The van der Waals surface area contributed by atoms with Crippen LogP contribution in [0.15, 0.2) is 40.9 Å². The number of nitrogens with zero attached hydrogens (tertiary/aromatic N) is 3. The van der Waals surface area contributed by atoms with E-state index in [9.17, 15) is 4.79 Å². The standard InChI is InChI=1S/C19H19ClN4O2/c1-11-8-9-15(22-16(11)13-6-5-7-14(20)10-13)17(25)23-19(3,4)18-21-12(2)26-24-18/h5-10H,1-4H3,(H,23,25). The molecule has 2 heterocycles. The van der Waals surface area contributed by atoms with Crippen molar-refractivity contribution in [1.29, 1.82) is 0 Å². The predicted octanol–water partition coefficient (Wildman–Crippen LogP) is 4.07. The van der Waals surface area contributed by atoms with Gasteiger partial charge in [0.2, 0.25) is 5.89 Å². The van der Waals surface area contributed by atoms with Crippen molar-refractivity contribution in [3.8, 4) is 11.3 Å². The fraction of sp³-hybridized carbons (Fsp3) is 0.263. The predicted molar refractivity (Wildman–Crippen MR) is 98.9 cm³/mol. The highest BCUT2D eigenvalue weighted by Gasteiger charge is 2.29. The Morgan fingerprint density at radius 2 is 1.92 bits per heavy atom. The molecule has 1 N–H and O–H groups in total. The fourth-order valence-corrected chi connectivity index (χ4v) is 2.73. The first-order valence-electron chi connectivity index (χ1n) is 8.13. The van der Waals surface area contributed by atoms with Gasteiger partial charge in [0.1, 0.15) is 5.69 Å². The summed E-state index contributed by atoms with van der Waals surface area (Å²) in [6.45, 7) is 7.26. The number of benzene rings is 1. The molecule has 134 valence electrons. The van der Waals surface area contributed by atoms with Gasteiger partial charge in [-0.05, 0) is 44.5 Å². The number of amides is 1. The van der Waals surface area contributed by atoms with Gasteiger partial charge in [-0.2, -0.15) is 4.98 Å². The zero-order valence-corrected chi connectivity index (χ0v) is 15.8. The number of aryl methyl sites for hydroxylation is 2. The van der Waals surface area contributed by atoms with Crippen LogP contribution in [0.3, 0.4) is 0 Å². The van der Waals surface area contributed by atoms with Gasteiger partial charge < -0.3 is 9.84 Å². The zero-order valence-electron chi connectivity index (χ0n) is 15.0. The van der Waals surface area contributed by atoms with Crippen molar-refractivity contribution < 1.29 is 9.32 Å². The third-order valence-corrected chi connectivity index (χ3v) is 4.18. The van der Waals surface area contributed by atoms with Crippen molar-refractivity contribution in [2.45, 2.75) is 33.2 Å². The van der Waals surface area contributed by atoms with Crippen molar-refractivity contribution in [1.82, 2.24) is 20.4 Å². The lowest BCUT2D eigenvalue weighted by molar-refractivity contribution is 0.0902. The molecule has 26 heavy (non-hydrogen) atoms. The van der Waals surface area contributed by atoms with Crippen LogP contribution in [0.5, 0.6) is 0 Å². The molecule has 0 aliphatic heterocycles. The number of carbonyl (C=O) groups excluding carboxylic acids is 1. The average Bonchev–Trinajstić information content (AvgIpc) is 3.02. The second-order valence-corrected chi connectivity index (χ2v) is 7.02. The van der Waals surface area contributed by atoms with Crippen LogP contribution in [-0.2, 0) is 5.54 Å². The van der Waals surface area contributed by atoms with Crippen LogP contribution in [0, 0.1) is 13.8 Å². The van der Waals surface area contributed by atoms with E-state index < -0.39 is 5.54 Å². The van der Waals surface area contributed by atoms with E-state index in [0.717, 1.165) is 11.1 Å². The van der Waals surface area contributed by atoms with Crippen LogP contribution < -0.4 is 5.32 Å². The molecular weight excluding hydrogens is 352 g/mol. The lowest BCUT2D eigenvalue weighted by Gasteiger charge is -2.22. The van der Waals surface area contributed by atoms with E-state index in [1.807, 2.05) is 31.2 Å². The third kappa shape index (κ3) is 3.75. The van der Waals surface area contributed by atoms with Crippen molar-refractivity contribution in [2.24, 2.45) is 0 Å². The molecule has 0 bridgehead atoms. The topological polar surface area (TPSA) is 80.9 Å². The summed E-state index contributed by atoms with van der Waals surface area (Å²) >= 11 is 6.08. The molecule has 3 rings (SSSR count). The number of carbonyl (C=O) groups is 1. The lowest BCUT2D eigenvalue weighted by atomic mass is 10.0. The Bertz CT molecular complexity index is 966. The molecule has 0 radical (unpaired) electrons. The van der Waals surface area contributed by atoms with Crippen molar-refractivity contribution in [3.63, 3.8) is 0 Å². The van der Waals surface area contributed by atoms with E-state index in [0.29, 0.717) is 28.1 Å². The first-order valence-corrected chi connectivity index (χ1v) is 8.51. The van der Waals surface area contributed by atoms with E-state index in [4.69, 9.17) is 16.1 Å². The van der Waals surface area contributed by atoms with Crippen LogP contribution in [0.1, 0.15) is 41.6 Å². The van der Waals surface area contributed by atoms with Crippen LogP contribution >= 0.6 is 11.6 Å². The number of pyridine rings is 1. The summed E-state index contributed by atoms with van der Waals surface area (Å²) in [4.78, 5) is 21.4. The monoisotopic (exact) mass is 370 g/mol. The van der Waals surface area contributed by atoms with E-state index in [1.54, 1.807) is 32.9 Å². The van der Waals surface area contributed by atoms with Gasteiger partial charge in [0.15, 0.2) is 5.82 Å². The van der Waals surface area contributed by atoms with Crippen LogP contribution in [0.2, 0.25) is 5.02 Å². The quantitative estimate of drug-likeness (QED) is 0.748. The Morgan fingerprint density at radius 1 is 1.15 bits per heavy atom. The first-order chi connectivity index (χ1) is 12.3. The number of halogens is 1. The minimum Gasteiger partial charge on any atom is -0.340 e. The Hall–Kier alpha value is -2.73. The van der Waals surface area contributed by atoms with Gasteiger partial charge in [-0.3, -0.25) is 4.79 Å². The van der Waals surface area contributed by atoms with Gasteiger partial charge >= 0.3 is 0 Å². The first kappa shape index (κ1) is 18.1. The third-order valence-electron chi connectivity index (χ3n) is 3.94. The van der Waals surface area contributed by atoms with E-state index in [-0.39, 0.29) is 5.91 Å². The molecule has 6 nitrogen and oxygen atoms in total. The van der Waals surface area contributed by atoms with Gasteiger partial charge in [0, 0.05) is 17.5 Å². The van der Waals surface area contributed by atoms with Gasteiger partial charge in [-0.15, -0.1) is 0 Å². The maximum atomic E-state index is 12.7. The van der Waals surface area contributed by atoms with Crippen LogP contribution in [0.25, 0.3) is 11.3 Å². The molecule has 1 amide bonds. The van der Waals surface area contributed by atoms with E-state index >= 15 is 0 Å². The summed E-state index contributed by atoms with van der Waals surface area (Å²) in [6.07, 6.45) is 0. The molecule has 0 unspecified atom stereocenters. The summed E-state index contributed by atoms with van der Waals surface area (Å²) in [5.41, 5.74) is 2.04. The number of nitrogens with one attached hydrogen (secondary N) is 1. The summed E-state index contributed by atoms with van der Waals surface area (Å²) in [6, 6.07) is 10.9. The highest BCUT2D eigenvalue weighted by Crippen LogP contribution is 2.25. The molecule has 0 aliphatic rings. The number of aromatic nitrogens is 3. The zero-order chi connectivity index (χ0) is 18.9. The molecule has 1 aromatic carbocycles. The average molecular weight is 371 g/mol. The summed E-state index contributed by atoms with van der Waals surface area (Å²) in [7, 11) is 0. The van der Waals surface area contributed by atoms with Crippen molar-refractivity contribution >= 4 is 17.5 Å².